The first-order valence-electron chi connectivity index (χ1n) is 7.96. The standard InChI is InChI=1S/C17H28ClNO2/c1-4-8-13(9-7-10-19)14-11-16(20-5-2)17(21-6-3)12-15(14)18/h11-13H,4-10,19H2,1-3H3. The van der Waals surface area contributed by atoms with Crippen LogP contribution in [-0.2, 0) is 0 Å². The van der Waals surface area contributed by atoms with Gasteiger partial charge in [-0.3, -0.25) is 0 Å². The molecule has 1 rings (SSSR count). The van der Waals surface area contributed by atoms with Crippen molar-refractivity contribution in [3.8, 4) is 11.5 Å². The van der Waals surface area contributed by atoms with Crippen molar-refractivity contribution in [1.29, 1.82) is 0 Å². The van der Waals surface area contributed by atoms with Crippen LogP contribution in [-0.4, -0.2) is 19.8 Å². The smallest absolute Gasteiger partial charge is 0.162 e. The van der Waals surface area contributed by atoms with Gasteiger partial charge in [-0.25, -0.2) is 0 Å². The normalized spacial score (nSPS) is 12.2. The molecule has 120 valence electrons. The van der Waals surface area contributed by atoms with E-state index in [-0.39, 0.29) is 0 Å². The van der Waals surface area contributed by atoms with Gasteiger partial charge in [-0.05, 0) is 57.2 Å². The number of hydrogen-bond acceptors (Lipinski definition) is 3. The molecular formula is C17H28ClNO2. The second-order valence-corrected chi connectivity index (χ2v) is 5.51. The third kappa shape index (κ3) is 5.40. The zero-order valence-electron chi connectivity index (χ0n) is 13.5. The van der Waals surface area contributed by atoms with Crippen LogP contribution in [0.1, 0.15) is 57.9 Å². The van der Waals surface area contributed by atoms with Crippen molar-refractivity contribution in [2.45, 2.75) is 52.4 Å². The number of ether oxygens (including phenoxy) is 2. The maximum Gasteiger partial charge on any atom is 0.162 e. The monoisotopic (exact) mass is 313 g/mol. The molecule has 0 aliphatic carbocycles. The summed E-state index contributed by atoms with van der Waals surface area (Å²) in [5.74, 6) is 1.94. The Morgan fingerprint density at radius 1 is 1.05 bits per heavy atom. The van der Waals surface area contributed by atoms with Crippen LogP contribution in [0, 0.1) is 0 Å². The van der Waals surface area contributed by atoms with Crippen LogP contribution in [0.15, 0.2) is 12.1 Å². The molecule has 0 aromatic heterocycles. The Morgan fingerprint density at radius 2 is 1.67 bits per heavy atom. The predicted octanol–water partition coefficient (Wildman–Crippen LogP) is 4.76. The van der Waals surface area contributed by atoms with E-state index in [1.54, 1.807) is 0 Å². The Morgan fingerprint density at radius 3 is 2.19 bits per heavy atom. The highest BCUT2D eigenvalue weighted by molar-refractivity contribution is 6.31. The Bertz CT molecular complexity index is 423. The molecule has 1 unspecified atom stereocenters. The second kappa shape index (κ2) is 9.91. The van der Waals surface area contributed by atoms with Crippen molar-refractivity contribution in [2.75, 3.05) is 19.8 Å². The van der Waals surface area contributed by atoms with E-state index < -0.39 is 0 Å². The van der Waals surface area contributed by atoms with Crippen LogP contribution < -0.4 is 15.2 Å². The summed E-state index contributed by atoms with van der Waals surface area (Å²) in [6, 6.07) is 3.93. The van der Waals surface area contributed by atoms with Gasteiger partial charge in [0.25, 0.3) is 0 Å². The van der Waals surface area contributed by atoms with Crippen molar-refractivity contribution in [3.63, 3.8) is 0 Å². The molecule has 4 heteroatoms. The molecule has 2 N–H and O–H groups in total. The minimum atomic E-state index is 0.431. The Hall–Kier alpha value is -0.930. The predicted molar refractivity (Wildman–Crippen MR) is 89.7 cm³/mol. The first-order valence-corrected chi connectivity index (χ1v) is 8.34. The Labute approximate surface area is 133 Å². The molecular weight excluding hydrogens is 286 g/mol. The molecule has 0 aliphatic heterocycles. The number of nitrogens with two attached hydrogens (primary N) is 1. The van der Waals surface area contributed by atoms with Crippen LogP contribution in [0.4, 0.5) is 0 Å². The van der Waals surface area contributed by atoms with Crippen molar-refractivity contribution in [1.82, 2.24) is 0 Å². The molecule has 21 heavy (non-hydrogen) atoms. The Kier molecular flexibility index (Phi) is 8.55. The van der Waals surface area contributed by atoms with Gasteiger partial charge in [-0.15, -0.1) is 0 Å². The Balaban J connectivity index is 3.10. The van der Waals surface area contributed by atoms with Gasteiger partial charge < -0.3 is 15.2 Å². The highest BCUT2D eigenvalue weighted by Gasteiger charge is 2.18. The van der Waals surface area contributed by atoms with E-state index in [0.29, 0.717) is 25.7 Å². The van der Waals surface area contributed by atoms with Crippen molar-refractivity contribution in [3.05, 3.63) is 22.7 Å². The lowest BCUT2D eigenvalue weighted by Crippen LogP contribution is -2.06. The SMILES string of the molecule is CCCC(CCCN)c1cc(OCC)c(OCC)cc1Cl. The minimum absolute atomic E-state index is 0.431. The molecule has 0 heterocycles. The van der Waals surface area contributed by atoms with Crippen LogP contribution in [0.2, 0.25) is 5.02 Å². The topological polar surface area (TPSA) is 44.5 Å². The first-order chi connectivity index (χ1) is 10.2. The fourth-order valence-electron chi connectivity index (χ4n) is 2.57. The molecule has 0 spiro atoms. The zero-order chi connectivity index (χ0) is 15.7. The second-order valence-electron chi connectivity index (χ2n) is 5.10. The highest BCUT2D eigenvalue weighted by Crippen LogP contribution is 2.39. The molecule has 1 atom stereocenters. The van der Waals surface area contributed by atoms with Crippen LogP contribution >= 0.6 is 11.6 Å². The number of halogens is 1. The third-order valence-electron chi connectivity index (χ3n) is 3.50. The number of hydrogen-bond donors (Lipinski definition) is 1. The summed E-state index contributed by atoms with van der Waals surface area (Å²) >= 11 is 6.48. The van der Waals surface area contributed by atoms with Crippen LogP contribution in [0.3, 0.4) is 0 Å². The first kappa shape index (κ1) is 18.1. The fraction of sp³-hybridized carbons (Fsp3) is 0.647. The molecule has 3 nitrogen and oxygen atoms in total. The van der Waals surface area contributed by atoms with Gasteiger partial charge in [0.05, 0.1) is 13.2 Å². The average molecular weight is 314 g/mol. The van der Waals surface area contributed by atoms with Crippen LogP contribution in [0.5, 0.6) is 11.5 Å². The molecule has 0 radical (unpaired) electrons. The van der Waals surface area contributed by atoms with Gasteiger partial charge in [-0.1, -0.05) is 24.9 Å². The van der Waals surface area contributed by atoms with Crippen molar-refractivity contribution in [2.24, 2.45) is 5.73 Å². The minimum Gasteiger partial charge on any atom is -0.490 e. The van der Waals surface area contributed by atoms with E-state index in [0.717, 1.165) is 47.8 Å². The van der Waals surface area contributed by atoms with Crippen LogP contribution in [0.25, 0.3) is 0 Å². The summed E-state index contributed by atoms with van der Waals surface area (Å²) in [7, 11) is 0. The quantitative estimate of drug-likeness (QED) is 0.677. The maximum absolute atomic E-state index is 6.48. The summed E-state index contributed by atoms with van der Waals surface area (Å²) in [6.07, 6.45) is 4.31. The molecule has 1 aromatic carbocycles. The zero-order valence-corrected chi connectivity index (χ0v) is 14.2. The summed E-state index contributed by atoms with van der Waals surface area (Å²) < 4.78 is 11.3. The summed E-state index contributed by atoms with van der Waals surface area (Å²) in [5, 5.41) is 0.761. The number of rotatable bonds is 10. The average Bonchev–Trinajstić information content (AvgIpc) is 2.47. The van der Waals surface area contributed by atoms with Crippen molar-refractivity contribution >= 4 is 11.6 Å². The van der Waals surface area contributed by atoms with E-state index >= 15 is 0 Å². The van der Waals surface area contributed by atoms with Gasteiger partial charge in [0.2, 0.25) is 0 Å². The highest BCUT2D eigenvalue weighted by atomic mass is 35.5. The van der Waals surface area contributed by atoms with Crippen molar-refractivity contribution < 1.29 is 9.47 Å². The third-order valence-corrected chi connectivity index (χ3v) is 3.82. The molecule has 0 saturated heterocycles. The summed E-state index contributed by atoms with van der Waals surface area (Å²) in [6.45, 7) is 8.05. The van der Waals surface area contributed by atoms with E-state index in [4.69, 9.17) is 26.8 Å². The summed E-state index contributed by atoms with van der Waals surface area (Å²) in [5.41, 5.74) is 6.80. The van der Waals surface area contributed by atoms with Gasteiger partial charge in [0.1, 0.15) is 0 Å². The molecule has 0 bridgehead atoms. The lowest BCUT2D eigenvalue weighted by molar-refractivity contribution is 0.287. The lowest BCUT2D eigenvalue weighted by Gasteiger charge is -2.20. The summed E-state index contributed by atoms with van der Waals surface area (Å²) in [4.78, 5) is 0. The van der Waals surface area contributed by atoms with E-state index in [1.807, 2.05) is 26.0 Å². The van der Waals surface area contributed by atoms with E-state index in [1.165, 1.54) is 0 Å². The van der Waals surface area contributed by atoms with Gasteiger partial charge in [0, 0.05) is 11.1 Å². The number of benzene rings is 1. The maximum atomic E-state index is 6.48. The lowest BCUT2D eigenvalue weighted by atomic mass is 9.90. The molecule has 1 aromatic rings. The largest absolute Gasteiger partial charge is 0.490 e. The molecule has 0 aliphatic rings. The van der Waals surface area contributed by atoms with Gasteiger partial charge in [-0.2, -0.15) is 0 Å². The molecule has 0 saturated carbocycles. The van der Waals surface area contributed by atoms with Gasteiger partial charge >= 0.3 is 0 Å². The van der Waals surface area contributed by atoms with E-state index in [9.17, 15) is 0 Å². The molecule has 0 fully saturated rings. The van der Waals surface area contributed by atoms with E-state index in [2.05, 4.69) is 6.92 Å². The fourth-order valence-corrected chi connectivity index (χ4v) is 2.88. The van der Waals surface area contributed by atoms with Gasteiger partial charge in [0.15, 0.2) is 11.5 Å². The molecule has 0 amide bonds.